The van der Waals surface area contributed by atoms with Crippen LogP contribution in [0.2, 0.25) is 0 Å². The van der Waals surface area contributed by atoms with Crippen molar-refractivity contribution in [2.45, 2.75) is 20.8 Å². The van der Waals surface area contributed by atoms with Gasteiger partial charge in [0, 0.05) is 30.1 Å². The number of hydrogen-bond donors (Lipinski definition) is 1. The first-order valence-electron chi connectivity index (χ1n) is 8.41. The number of aryl methyl sites for hydroxylation is 2. The second-order valence-electron chi connectivity index (χ2n) is 6.57. The third-order valence-corrected chi connectivity index (χ3v) is 5.10. The van der Waals surface area contributed by atoms with Crippen LogP contribution in [0.4, 0.5) is 5.69 Å². The van der Waals surface area contributed by atoms with Crippen molar-refractivity contribution in [3.05, 3.63) is 62.5 Å². The van der Waals surface area contributed by atoms with Gasteiger partial charge in [0.25, 0.3) is 17.5 Å². The molecular formula is C19H18N4O4S. The summed E-state index contributed by atoms with van der Waals surface area (Å²) in [5, 5.41) is 13.8. The number of nitro groups is 1. The lowest BCUT2D eigenvalue weighted by Gasteiger charge is -2.25. The van der Waals surface area contributed by atoms with Crippen LogP contribution in [0.25, 0.3) is 11.8 Å². The lowest BCUT2D eigenvalue weighted by atomic mass is 10.1. The summed E-state index contributed by atoms with van der Waals surface area (Å²) in [6, 6.07) is 6.82. The largest absolute Gasteiger partial charge is 0.318 e. The zero-order valence-electron chi connectivity index (χ0n) is 15.8. The van der Waals surface area contributed by atoms with Crippen LogP contribution < -0.4 is 5.32 Å². The van der Waals surface area contributed by atoms with E-state index in [1.165, 1.54) is 24.1 Å². The molecule has 1 aliphatic rings. The summed E-state index contributed by atoms with van der Waals surface area (Å²) >= 11 is 4.95. The normalized spacial score (nSPS) is 15.9. The van der Waals surface area contributed by atoms with Gasteiger partial charge in [-0.25, -0.2) is 0 Å². The molecule has 1 N–H and O–H groups in total. The minimum atomic E-state index is -0.552. The maximum Gasteiger partial charge on any atom is 0.274 e. The van der Waals surface area contributed by atoms with Crippen LogP contribution >= 0.6 is 12.2 Å². The third-order valence-electron chi connectivity index (χ3n) is 4.72. The van der Waals surface area contributed by atoms with Gasteiger partial charge in [-0.1, -0.05) is 6.07 Å². The molecule has 0 radical (unpaired) electrons. The van der Waals surface area contributed by atoms with Crippen LogP contribution in [0.5, 0.6) is 0 Å². The lowest BCUT2D eigenvalue weighted by Crippen LogP contribution is -2.52. The fraction of sp³-hybridized carbons (Fsp3) is 0.211. The molecule has 1 aromatic carbocycles. The average Bonchev–Trinajstić information content (AvgIpc) is 2.91. The van der Waals surface area contributed by atoms with E-state index < -0.39 is 16.7 Å². The van der Waals surface area contributed by atoms with E-state index in [2.05, 4.69) is 5.32 Å². The molecule has 0 atom stereocenters. The number of nitrogens with zero attached hydrogens (tertiary/aromatic N) is 3. The molecule has 28 heavy (non-hydrogen) atoms. The highest BCUT2D eigenvalue weighted by Crippen LogP contribution is 2.27. The molecule has 1 aromatic heterocycles. The number of thiocarbonyl (C=S) groups is 1. The van der Waals surface area contributed by atoms with Crippen LogP contribution in [0.15, 0.2) is 29.8 Å². The number of amides is 2. The quantitative estimate of drug-likeness (QED) is 0.282. The summed E-state index contributed by atoms with van der Waals surface area (Å²) in [5.41, 5.74) is 3.44. The number of rotatable bonds is 3. The zero-order valence-corrected chi connectivity index (χ0v) is 16.6. The Labute approximate surface area is 166 Å². The monoisotopic (exact) mass is 398 g/mol. The van der Waals surface area contributed by atoms with E-state index in [-0.39, 0.29) is 16.4 Å². The zero-order chi connectivity index (χ0) is 20.7. The number of benzene rings is 1. The number of hydrogen-bond acceptors (Lipinski definition) is 5. The van der Waals surface area contributed by atoms with Gasteiger partial charge in [-0.15, -0.1) is 0 Å². The van der Waals surface area contributed by atoms with Crippen LogP contribution in [0, 0.1) is 30.9 Å². The molecule has 3 rings (SSSR count). The number of aromatic nitrogens is 1. The van der Waals surface area contributed by atoms with Crippen molar-refractivity contribution < 1.29 is 14.5 Å². The molecule has 144 valence electrons. The highest BCUT2D eigenvalue weighted by Gasteiger charge is 2.31. The van der Waals surface area contributed by atoms with Crippen molar-refractivity contribution in [1.82, 2.24) is 14.8 Å². The van der Waals surface area contributed by atoms with Gasteiger partial charge in [-0.3, -0.25) is 29.9 Å². The summed E-state index contributed by atoms with van der Waals surface area (Å²) < 4.78 is 1.85. The first-order valence-corrected chi connectivity index (χ1v) is 8.82. The van der Waals surface area contributed by atoms with Crippen LogP contribution in [0.1, 0.15) is 22.5 Å². The fourth-order valence-corrected chi connectivity index (χ4v) is 3.34. The second-order valence-corrected chi connectivity index (χ2v) is 6.96. The molecule has 1 aliphatic heterocycles. The molecule has 9 heteroatoms. The maximum atomic E-state index is 12.4. The van der Waals surface area contributed by atoms with Crippen molar-refractivity contribution in [2.24, 2.45) is 0 Å². The first-order chi connectivity index (χ1) is 13.1. The molecule has 0 spiro atoms. The number of likely N-dealkylation sites (N-methyl/N-ethyl adjacent to an activating group) is 1. The number of carbonyl (C=O) groups excluding carboxylic acids is 2. The molecule has 0 saturated carbocycles. The first kappa shape index (κ1) is 19.4. The topological polar surface area (TPSA) is 97.5 Å². The number of nitro benzene ring substituents is 1. The number of carbonyl (C=O) groups is 2. The van der Waals surface area contributed by atoms with Gasteiger partial charge in [-0.2, -0.15) is 0 Å². The molecule has 2 heterocycles. The molecular weight excluding hydrogens is 380 g/mol. The summed E-state index contributed by atoms with van der Waals surface area (Å²) in [5.74, 6) is -1.03. The van der Waals surface area contributed by atoms with E-state index in [1.807, 2.05) is 24.5 Å². The summed E-state index contributed by atoms with van der Waals surface area (Å²) in [6.45, 7) is 5.36. The van der Waals surface area contributed by atoms with Crippen LogP contribution in [-0.2, 0) is 9.59 Å². The summed E-state index contributed by atoms with van der Waals surface area (Å²) in [6.07, 6.45) is 1.51. The Morgan fingerprint density at radius 2 is 1.86 bits per heavy atom. The molecule has 2 aromatic rings. The Balaban J connectivity index is 2.10. The van der Waals surface area contributed by atoms with E-state index in [4.69, 9.17) is 12.2 Å². The predicted molar refractivity (Wildman–Crippen MR) is 108 cm³/mol. The second kappa shape index (κ2) is 7.01. The Kier molecular flexibility index (Phi) is 4.86. The van der Waals surface area contributed by atoms with Crippen molar-refractivity contribution in [3.63, 3.8) is 0 Å². The summed E-state index contributed by atoms with van der Waals surface area (Å²) in [4.78, 5) is 36.7. The average molecular weight is 398 g/mol. The van der Waals surface area contributed by atoms with Gasteiger partial charge in [0.05, 0.1) is 10.6 Å². The Morgan fingerprint density at radius 1 is 1.18 bits per heavy atom. The minimum absolute atomic E-state index is 0.0220. The van der Waals surface area contributed by atoms with Crippen molar-refractivity contribution in [1.29, 1.82) is 0 Å². The maximum absolute atomic E-state index is 12.4. The fourth-order valence-electron chi connectivity index (χ4n) is 3.17. The minimum Gasteiger partial charge on any atom is -0.318 e. The van der Waals surface area contributed by atoms with Crippen LogP contribution in [0.3, 0.4) is 0 Å². The Morgan fingerprint density at radius 3 is 2.50 bits per heavy atom. The van der Waals surface area contributed by atoms with Gasteiger partial charge < -0.3 is 4.57 Å². The third kappa shape index (κ3) is 3.20. The highest BCUT2D eigenvalue weighted by molar-refractivity contribution is 7.80. The molecule has 0 bridgehead atoms. The van der Waals surface area contributed by atoms with E-state index >= 15 is 0 Å². The molecule has 0 aliphatic carbocycles. The van der Waals surface area contributed by atoms with Gasteiger partial charge in [0.1, 0.15) is 5.57 Å². The van der Waals surface area contributed by atoms with Gasteiger partial charge in [-0.05, 0) is 56.8 Å². The van der Waals surface area contributed by atoms with E-state index in [0.717, 1.165) is 11.4 Å². The van der Waals surface area contributed by atoms with E-state index in [0.29, 0.717) is 16.8 Å². The summed E-state index contributed by atoms with van der Waals surface area (Å²) in [7, 11) is 1.49. The molecule has 2 amide bonds. The standard InChI is InChI=1S/C19H18N4O4S/c1-10-5-6-14(9-16(10)23(26)27)22-11(2)7-13(12(22)3)8-15-17(24)20-19(28)21(4)18(15)25/h5-9H,1-4H3,(H,20,24,28). The Bertz CT molecular complexity index is 1080. The number of nitrogens with one attached hydrogen (secondary N) is 1. The SMILES string of the molecule is Cc1ccc(-n2c(C)cc(C=C3C(=O)NC(=S)N(C)C3=O)c2C)cc1[N+](=O)[O-]. The van der Waals surface area contributed by atoms with Crippen molar-refractivity contribution in [2.75, 3.05) is 7.05 Å². The van der Waals surface area contributed by atoms with Gasteiger partial charge in [0.2, 0.25) is 0 Å². The van der Waals surface area contributed by atoms with E-state index in [1.54, 1.807) is 19.1 Å². The van der Waals surface area contributed by atoms with Crippen molar-refractivity contribution >= 4 is 40.9 Å². The highest BCUT2D eigenvalue weighted by atomic mass is 32.1. The molecule has 8 nitrogen and oxygen atoms in total. The van der Waals surface area contributed by atoms with Gasteiger partial charge in [0.15, 0.2) is 5.11 Å². The molecule has 0 unspecified atom stereocenters. The predicted octanol–water partition coefficient (Wildman–Crippen LogP) is 2.57. The molecule has 1 saturated heterocycles. The molecule has 1 fully saturated rings. The lowest BCUT2D eigenvalue weighted by molar-refractivity contribution is -0.385. The van der Waals surface area contributed by atoms with Crippen LogP contribution in [-0.4, -0.2) is 38.4 Å². The van der Waals surface area contributed by atoms with Gasteiger partial charge >= 0.3 is 0 Å². The Hall–Kier alpha value is -3.33. The van der Waals surface area contributed by atoms with E-state index in [9.17, 15) is 19.7 Å². The van der Waals surface area contributed by atoms with Crippen molar-refractivity contribution in [3.8, 4) is 5.69 Å². The smallest absolute Gasteiger partial charge is 0.274 e.